The van der Waals surface area contributed by atoms with Crippen LogP contribution in [-0.2, 0) is 15.4 Å². The van der Waals surface area contributed by atoms with E-state index in [2.05, 4.69) is 0 Å². The SMILES string of the molecule is CC(O)(CSCCS(C)(=O)=O)c1ccccc1. The van der Waals surface area contributed by atoms with E-state index in [1.807, 2.05) is 30.3 Å². The van der Waals surface area contributed by atoms with Crippen molar-refractivity contribution in [2.45, 2.75) is 12.5 Å². The first-order valence-corrected chi connectivity index (χ1v) is 8.56. The Morgan fingerprint density at radius 2 is 1.88 bits per heavy atom. The highest BCUT2D eigenvalue weighted by Gasteiger charge is 2.22. The molecule has 0 bridgehead atoms. The second kappa shape index (κ2) is 5.89. The van der Waals surface area contributed by atoms with Gasteiger partial charge in [0.2, 0.25) is 0 Å². The lowest BCUT2D eigenvalue weighted by atomic mass is 9.99. The van der Waals surface area contributed by atoms with Crippen LogP contribution in [0.15, 0.2) is 30.3 Å². The molecule has 0 amide bonds. The van der Waals surface area contributed by atoms with Gasteiger partial charge >= 0.3 is 0 Å². The van der Waals surface area contributed by atoms with Gasteiger partial charge in [0.25, 0.3) is 0 Å². The molecule has 1 unspecified atom stereocenters. The van der Waals surface area contributed by atoms with Crippen LogP contribution >= 0.6 is 11.8 Å². The number of hydrogen-bond donors (Lipinski definition) is 1. The molecule has 0 saturated carbocycles. The quantitative estimate of drug-likeness (QED) is 0.802. The predicted molar refractivity (Wildman–Crippen MR) is 73.0 cm³/mol. The maximum atomic E-state index is 10.9. The number of aliphatic hydroxyl groups is 1. The molecule has 0 aliphatic carbocycles. The van der Waals surface area contributed by atoms with Gasteiger partial charge in [0.05, 0.1) is 11.4 Å². The summed E-state index contributed by atoms with van der Waals surface area (Å²) in [7, 11) is -2.91. The molecule has 17 heavy (non-hydrogen) atoms. The van der Waals surface area contributed by atoms with Crippen molar-refractivity contribution >= 4 is 21.6 Å². The Balaban J connectivity index is 2.46. The summed E-state index contributed by atoms with van der Waals surface area (Å²) in [5, 5.41) is 10.2. The van der Waals surface area contributed by atoms with E-state index >= 15 is 0 Å². The average molecular weight is 274 g/mol. The molecule has 0 aliphatic rings. The van der Waals surface area contributed by atoms with Crippen molar-refractivity contribution < 1.29 is 13.5 Å². The summed E-state index contributed by atoms with van der Waals surface area (Å²) in [5.41, 5.74) is -0.0597. The number of rotatable bonds is 6. The highest BCUT2D eigenvalue weighted by molar-refractivity contribution is 8.00. The lowest BCUT2D eigenvalue weighted by Crippen LogP contribution is -2.24. The summed E-state index contributed by atoms with van der Waals surface area (Å²) < 4.78 is 21.9. The maximum Gasteiger partial charge on any atom is 0.148 e. The van der Waals surface area contributed by atoms with Gasteiger partial charge < -0.3 is 5.11 Å². The van der Waals surface area contributed by atoms with Gasteiger partial charge in [-0.25, -0.2) is 8.42 Å². The molecule has 3 nitrogen and oxygen atoms in total. The van der Waals surface area contributed by atoms with Gasteiger partial charge in [0.1, 0.15) is 9.84 Å². The van der Waals surface area contributed by atoms with Crippen LogP contribution in [0.5, 0.6) is 0 Å². The molecule has 0 aromatic heterocycles. The summed E-state index contributed by atoms with van der Waals surface area (Å²) in [6.45, 7) is 1.75. The monoisotopic (exact) mass is 274 g/mol. The Morgan fingerprint density at radius 1 is 1.29 bits per heavy atom. The van der Waals surface area contributed by atoms with Gasteiger partial charge in [0.15, 0.2) is 0 Å². The van der Waals surface area contributed by atoms with Crippen molar-refractivity contribution in [1.82, 2.24) is 0 Å². The minimum Gasteiger partial charge on any atom is -0.385 e. The minimum atomic E-state index is -2.91. The first kappa shape index (κ1) is 14.5. The van der Waals surface area contributed by atoms with Crippen LogP contribution in [0.3, 0.4) is 0 Å². The summed E-state index contributed by atoms with van der Waals surface area (Å²) >= 11 is 1.45. The van der Waals surface area contributed by atoms with Crippen LogP contribution in [-0.4, -0.2) is 37.0 Å². The molecule has 1 aromatic carbocycles. The smallest absolute Gasteiger partial charge is 0.148 e. The second-order valence-electron chi connectivity index (χ2n) is 4.32. The number of thioether (sulfide) groups is 1. The van der Waals surface area contributed by atoms with E-state index in [-0.39, 0.29) is 5.75 Å². The third-order valence-corrected chi connectivity index (χ3v) is 4.84. The van der Waals surface area contributed by atoms with E-state index < -0.39 is 15.4 Å². The Kier molecular flexibility index (Phi) is 5.04. The fourth-order valence-electron chi connectivity index (χ4n) is 1.36. The number of benzene rings is 1. The third-order valence-electron chi connectivity index (χ3n) is 2.38. The molecule has 0 spiro atoms. The highest BCUT2D eigenvalue weighted by atomic mass is 32.2. The maximum absolute atomic E-state index is 10.9. The molecule has 5 heteroatoms. The Labute approximate surface area is 107 Å². The van der Waals surface area contributed by atoms with Gasteiger partial charge in [-0.2, -0.15) is 11.8 Å². The van der Waals surface area contributed by atoms with Crippen LogP contribution in [0.1, 0.15) is 12.5 Å². The molecular weight excluding hydrogens is 256 g/mol. The molecule has 0 saturated heterocycles. The topological polar surface area (TPSA) is 54.4 Å². The average Bonchev–Trinajstić information content (AvgIpc) is 2.25. The molecule has 0 heterocycles. The standard InChI is InChI=1S/C12H18O3S2/c1-12(13,11-6-4-3-5-7-11)10-16-8-9-17(2,14)15/h3-7,13H,8-10H2,1-2H3. The van der Waals surface area contributed by atoms with Crippen molar-refractivity contribution in [3.63, 3.8) is 0 Å². The van der Waals surface area contributed by atoms with Crippen molar-refractivity contribution in [2.24, 2.45) is 0 Å². The minimum absolute atomic E-state index is 0.155. The van der Waals surface area contributed by atoms with Crippen molar-refractivity contribution in [3.05, 3.63) is 35.9 Å². The molecule has 1 N–H and O–H groups in total. The molecule has 0 aliphatic heterocycles. The van der Waals surface area contributed by atoms with Gasteiger partial charge in [-0.15, -0.1) is 0 Å². The first-order chi connectivity index (χ1) is 7.81. The molecule has 0 fully saturated rings. The molecular formula is C12H18O3S2. The third kappa shape index (κ3) is 5.57. The van der Waals surface area contributed by atoms with Crippen LogP contribution < -0.4 is 0 Å². The zero-order valence-electron chi connectivity index (χ0n) is 10.1. The zero-order chi connectivity index (χ0) is 12.9. The summed E-state index contributed by atoms with van der Waals surface area (Å²) in [5.74, 6) is 1.16. The Morgan fingerprint density at radius 3 is 2.41 bits per heavy atom. The largest absolute Gasteiger partial charge is 0.385 e. The zero-order valence-corrected chi connectivity index (χ0v) is 11.7. The van der Waals surface area contributed by atoms with E-state index in [1.54, 1.807) is 6.92 Å². The number of hydrogen-bond acceptors (Lipinski definition) is 4. The van der Waals surface area contributed by atoms with Gasteiger partial charge in [0, 0.05) is 17.8 Å². The fraction of sp³-hybridized carbons (Fsp3) is 0.500. The van der Waals surface area contributed by atoms with E-state index in [0.717, 1.165) is 5.56 Å². The highest BCUT2D eigenvalue weighted by Crippen LogP contribution is 2.24. The Hall–Kier alpha value is -0.520. The van der Waals surface area contributed by atoms with Crippen LogP contribution in [0.4, 0.5) is 0 Å². The Bertz CT molecular complexity index is 438. The predicted octanol–water partition coefficient (Wildman–Crippen LogP) is 1.67. The molecule has 1 atom stereocenters. The molecule has 96 valence electrons. The van der Waals surface area contributed by atoms with E-state index in [4.69, 9.17) is 0 Å². The van der Waals surface area contributed by atoms with E-state index in [9.17, 15) is 13.5 Å². The molecule has 1 rings (SSSR count). The van der Waals surface area contributed by atoms with Crippen molar-refractivity contribution in [1.29, 1.82) is 0 Å². The fourth-order valence-corrected chi connectivity index (χ4v) is 3.75. The van der Waals surface area contributed by atoms with Gasteiger partial charge in [-0.05, 0) is 12.5 Å². The number of sulfone groups is 1. The second-order valence-corrected chi connectivity index (χ2v) is 7.69. The van der Waals surface area contributed by atoms with E-state index in [1.165, 1.54) is 18.0 Å². The summed E-state index contributed by atoms with van der Waals surface area (Å²) in [6.07, 6.45) is 1.23. The summed E-state index contributed by atoms with van der Waals surface area (Å²) in [6, 6.07) is 9.40. The molecule has 1 aromatic rings. The van der Waals surface area contributed by atoms with Crippen LogP contribution in [0.2, 0.25) is 0 Å². The van der Waals surface area contributed by atoms with Gasteiger partial charge in [-0.1, -0.05) is 30.3 Å². The lowest BCUT2D eigenvalue weighted by molar-refractivity contribution is 0.0840. The summed E-state index contributed by atoms with van der Waals surface area (Å²) in [4.78, 5) is 0. The lowest BCUT2D eigenvalue weighted by Gasteiger charge is -2.23. The normalized spacial score (nSPS) is 15.5. The first-order valence-electron chi connectivity index (χ1n) is 5.35. The van der Waals surface area contributed by atoms with Gasteiger partial charge in [-0.3, -0.25) is 0 Å². The molecule has 0 radical (unpaired) electrons. The van der Waals surface area contributed by atoms with Crippen LogP contribution in [0.25, 0.3) is 0 Å². The van der Waals surface area contributed by atoms with Crippen molar-refractivity contribution in [3.8, 4) is 0 Å². The van der Waals surface area contributed by atoms with Crippen LogP contribution in [0, 0.1) is 0 Å². The van der Waals surface area contributed by atoms with Crippen molar-refractivity contribution in [2.75, 3.05) is 23.5 Å². The van der Waals surface area contributed by atoms with E-state index in [0.29, 0.717) is 11.5 Å².